The first-order valence-corrected chi connectivity index (χ1v) is 5.76. The first-order valence-electron chi connectivity index (χ1n) is 5.76. The standard InChI is InChI=1S/C12H20N2O3/c1-5-12(3,17-6-2)10(15)9-11(16-4)14-8-7-13-9/h7-8,10,15H,5-6H2,1-4H3. The molecule has 0 bridgehead atoms. The van der Waals surface area contributed by atoms with Crippen LogP contribution in [0, 0.1) is 0 Å². The maximum atomic E-state index is 10.4. The average Bonchev–Trinajstić information content (AvgIpc) is 2.38. The van der Waals surface area contributed by atoms with E-state index in [4.69, 9.17) is 9.47 Å². The Morgan fingerprint density at radius 2 is 2.00 bits per heavy atom. The number of rotatable bonds is 6. The number of aliphatic hydroxyl groups excluding tert-OH is 1. The van der Waals surface area contributed by atoms with Crippen LogP contribution in [0.1, 0.15) is 39.0 Å². The summed E-state index contributed by atoms with van der Waals surface area (Å²) in [6.07, 6.45) is 2.86. The van der Waals surface area contributed by atoms with Crippen molar-refractivity contribution in [3.63, 3.8) is 0 Å². The van der Waals surface area contributed by atoms with E-state index in [0.29, 0.717) is 24.6 Å². The maximum Gasteiger partial charge on any atom is 0.238 e. The lowest BCUT2D eigenvalue weighted by molar-refractivity contribution is -0.115. The van der Waals surface area contributed by atoms with Gasteiger partial charge in [-0.05, 0) is 20.3 Å². The van der Waals surface area contributed by atoms with Gasteiger partial charge in [-0.3, -0.25) is 4.98 Å². The molecule has 0 saturated carbocycles. The fourth-order valence-electron chi connectivity index (χ4n) is 1.67. The van der Waals surface area contributed by atoms with Crippen LogP contribution >= 0.6 is 0 Å². The highest BCUT2D eigenvalue weighted by atomic mass is 16.5. The Hall–Kier alpha value is -1.20. The lowest BCUT2D eigenvalue weighted by atomic mass is 9.93. The van der Waals surface area contributed by atoms with Crippen LogP contribution in [0.4, 0.5) is 0 Å². The summed E-state index contributed by atoms with van der Waals surface area (Å²) in [5.41, 5.74) is -0.272. The normalized spacial score (nSPS) is 16.3. The Labute approximate surface area is 102 Å². The third kappa shape index (κ3) is 2.92. The summed E-state index contributed by atoms with van der Waals surface area (Å²) in [5, 5.41) is 10.4. The molecule has 2 atom stereocenters. The fraction of sp³-hybridized carbons (Fsp3) is 0.667. The molecule has 1 aromatic heterocycles. The van der Waals surface area contributed by atoms with E-state index < -0.39 is 11.7 Å². The zero-order chi connectivity index (χ0) is 12.9. The largest absolute Gasteiger partial charge is 0.480 e. The van der Waals surface area contributed by atoms with Gasteiger partial charge in [0.25, 0.3) is 0 Å². The summed E-state index contributed by atoms with van der Waals surface area (Å²) in [4.78, 5) is 8.15. The summed E-state index contributed by atoms with van der Waals surface area (Å²) in [7, 11) is 1.50. The van der Waals surface area contributed by atoms with E-state index in [1.165, 1.54) is 19.5 Å². The maximum absolute atomic E-state index is 10.4. The van der Waals surface area contributed by atoms with Gasteiger partial charge in [0.2, 0.25) is 5.88 Å². The number of nitrogens with zero attached hydrogens (tertiary/aromatic N) is 2. The predicted octanol–water partition coefficient (Wildman–Crippen LogP) is 1.72. The van der Waals surface area contributed by atoms with Crippen LogP contribution in [0.2, 0.25) is 0 Å². The van der Waals surface area contributed by atoms with Crippen molar-refractivity contribution in [1.29, 1.82) is 0 Å². The molecule has 1 heterocycles. The van der Waals surface area contributed by atoms with E-state index in [0.717, 1.165) is 0 Å². The topological polar surface area (TPSA) is 64.5 Å². The van der Waals surface area contributed by atoms with Crippen LogP contribution in [0.5, 0.6) is 5.88 Å². The van der Waals surface area contributed by atoms with Gasteiger partial charge in [-0.25, -0.2) is 4.98 Å². The Morgan fingerprint density at radius 3 is 2.53 bits per heavy atom. The second-order valence-electron chi connectivity index (χ2n) is 3.95. The minimum atomic E-state index is -0.865. The molecule has 0 saturated heterocycles. The third-order valence-corrected chi connectivity index (χ3v) is 2.90. The van der Waals surface area contributed by atoms with Crippen LogP contribution in [-0.4, -0.2) is 34.4 Å². The number of aromatic nitrogens is 2. The van der Waals surface area contributed by atoms with Crippen molar-refractivity contribution in [3.8, 4) is 5.88 Å². The second kappa shape index (κ2) is 5.93. The lowest BCUT2D eigenvalue weighted by Gasteiger charge is -2.33. The molecule has 2 unspecified atom stereocenters. The summed E-state index contributed by atoms with van der Waals surface area (Å²) in [6.45, 7) is 6.25. The molecule has 1 aromatic rings. The van der Waals surface area contributed by atoms with Gasteiger partial charge in [-0.1, -0.05) is 6.92 Å². The number of hydrogen-bond donors (Lipinski definition) is 1. The highest BCUT2D eigenvalue weighted by Gasteiger charge is 2.36. The van der Waals surface area contributed by atoms with Crippen molar-refractivity contribution in [2.24, 2.45) is 0 Å². The van der Waals surface area contributed by atoms with E-state index >= 15 is 0 Å². The van der Waals surface area contributed by atoms with Crippen molar-refractivity contribution in [1.82, 2.24) is 9.97 Å². The van der Waals surface area contributed by atoms with Crippen LogP contribution in [0.3, 0.4) is 0 Å². The zero-order valence-corrected chi connectivity index (χ0v) is 10.8. The number of methoxy groups -OCH3 is 1. The van der Waals surface area contributed by atoms with Gasteiger partial charge >= 0.3 is 0 Å². The molecule has 1 rings (SSSR count). The summed E-state index contributed by atoms with van der Waals surface area (Å²) in [6, 6.07) is 0. The minimum absolute atomic E-state index is 0.333. The molecule has 0 aliphatic heterocycles. The Bertz CT molecular complexity index is 359. The highest BCUT2D eigenvalue weighted by molar-refractivity contribution is 5.22. The van der Waals surface area contributed by atoms with E-state index in [-0.39, 0.29) is 0 Å². The third-order valence-electron chi connectivity index (χ3n) is 2.90. The summed E-state index contributed by atoms with van der Waals surface area (Å²) < 4.78 is 10.7. The van der Waals surface area contributed by atoms with E-state index in [9.17, 15) is 5.11 Å². The van der Waals surface area contributed by atoms with E-state index in [2.05, 4.69) is 9.97 Å². The Kier molecular flexibility index (Phi) is 4.84. The molecule has 0 fully saturated rings. The molecule has 0 aliphatic rings. The molecular weight excluding hydrogens is 220 g/mol. The first kappa shape index (κ1) is 13.9. The van der Waals surface area contributed by atoms with Crippen molar-refractivity contribution in [2.45, 2.75) is 38.9 Å². The van der Waals surface area contributed by atoms with Crippen molar-refractivity contribution in [3.05, 3.63) is 18.1 Å². The molecule has 0 amide bonds. The van der Waals surface area contributed by atoms with Crippen LogP contribution in [0.15, 0.2) is 12.4 Å². The van der Waals surface area contributed by atoms with Crippen LogP contribution in [0.25, 0.3) is 0 Å². The Balaban J connectivity index is 3.05. The highest BCUT2D eigenvalue weighted by Crippen LogP contribution is 2.34. The molecule has 0 aliphatic carbocycles. The number of ether oxygens (including phenoxy) is 2. The van der Waals surface area contributed by atoms with Crippen molar-refractivity contribution < 1.29 is 14.6 Å². The minimum Gasteiger partial charge on any atom is -0.480 e. The molecule has 0 spiro atoms. The smallest absolute Gasteiger partial charge is 0.238 e. The molecule has 0 aromatic carbocycles. The first-order chi connectivity index (χ1) is 8.09. The van der Waals surface area contributed by atoms with Crippen molar-refractivity contribution in [2.75, 3.05) is 13.7 Å². The van der Waals surface area contributed by atoms with Gasteiger partial charge in [0.1, 0.15) is 11.8 Å². The molecule has 96 valence electrons. The quantitative estimate of drug-likeness (QED) is 0.820. The van der Waals surface area contributed by atoms with Gasteiger partial charge in [-0.15, -0.1) is 0 Å². The summed E-state index contributed by atoms with van der Waals surface area (Å²) in [5.74, 6) is 0.333. The number of aliphatic hydroxyl groups is 1. The summed E-state index contributed by atoms with van der Waals surface area (Å²) >= 11 is 0. The van der Waals surface area contributed by atoms with Crippen molar-refractivity contribution >= 4 is 0 Å². The molecule has 0 radical (unpaired) electrons. The van der Waals surface area contributed by atoms with E-state index in [1.807, 2.05) is 20.8 Å². The predicted molar refractivity (Wildman–Crippen MR) is 63.9 cm³/mol. The van der Waals surface area contributed by atoms with Gasteiger partial charge in [0.05, 0.1) is 12.7 Å². The van der Waals surface area contributed by atoms with Gasteiger partial charge in [-0.2, -0.15) is 0 Å². The Morgan fingerprint density at radius 1 is 1.35 bits per heavy atom. The van der Waals surface area contributed by atoms with E-state index in [1.54, 1.807) is 0 Å². The molecule has 5 heteroatoms. The average molecular weight is 240 g/mol. The van der Waals surface area contributed by atoms with Gasteiger partial charge < -0.3 is 14.6 Å². The zero-order valence-electron chi connectivity index (χ0n) is 10.8. The van der Waals surface area contributed by atoms with Crippen LogP contribution < -0.4 is 4.74 Å². The second-order valence-corrected chi connectivity index (χ2v) is 3.95. The fourth-order valence-corrected chi connectivity index (χ4v) is 1.67. The van der Waals surface area contributed by atoms with Crippen LogP contribution in [-0.2, 0) is 4.74 Å². The SMILES string of the molecule is CCOC(C)(CC)C(O)c1nccnc1OC. The molecule has 17 heavy (non-hydrogen) atoms. The monoisotopic (exact) mass is 240 g/mol. The molecular formula is C12H20N2O3. The van der Waals surface area contributed by atoms with Gasteiger partial charge in [0, 0.05) is 19.0 Å². The van der Waals surface area contributed by atoms with Gasteiger partial charge in [0.15, 0.2) is 0 Å². The number of hydrogen-bond acceptors (Lipinski definition) is 5. The molecule has 1 N–H and O–H groups in total. The molecule has 5 nitrogen and oxygen atoms in total. The lowest BCUT2D eigenvalue weighted by Crippen LogP contribution is -2.36.